The molecule has 0 heterocycles. The third kappa shape index (κ3) is 3.81. The Kier molecular flexibility index (Phi) is 6.17. The lowest BCUT2D eigenvalue weighted by molar-refractivity contribution is -0.118. The average Bonchev–Trinajstić information content (AvgIpc) is 2.45. The number of nitrogens with one attached hydrogen (secondary N) is 1. The molecule has 0 saturated heterocycles. The maximum atomic E-state index is 12.0. The van der Waals surface area contributed by atoms with Crippen LogP contribution in [0.15, 0.2) is 42.5 Å². The van der Waals surface area contributed by atoms with Gasteiger partial charge in [0.1, 0.15) is 0 Å². The summed E-state index contributed by atoms with van der Waals surface area (Å²) in [4.78, 5) is 12.0. The van der Waals surface area contributed by atoms with Crippen molar-refractivity contribution in [3.05, 3.63) is 42.5 Å². The van der Waals surface area contributed by atoms with E-state index in [-0.39, 0.29) is 28.8 Å². The molecule has 0 spiro atoms. The van der Waals surface area contributed by atoms with Crippen LogP contribution in [0.4, 0.5) is 5.69 Å². The highest BCUT2D eigenvalue weighted by molar-refractivity contribution is 8.93. The van der Waals surface area contributed by atoms with E-state index in [4.69, 9.17) is 5.73 Å². The molecule has 2 rings (SSSR count). The summed E-state index contributed by atoms with van der Waals surface area (Å²) in [7, 11) is 0. The number of carbonyl (C=O) groups is 1. The number of halogens is 1. The first-order valence-electron chi connectivity index (χ1n) is 6.67. The monoisotopic (exact) mass is 336 g/mol. The molecule has 1 amide bonds. The topological polar surface area (TPSA) is 55.1 Å². The first kappa shape index (κ1) is 16.7. The van der Waals surface area contributed by atoms with Crippen LogP contribution in [-0.4, -0.2) is 11.9 Å². The minimum Gasteiger partial charge on any atom is -0.325 e. The van der Waals surface area contributed by atoms with Gasteiger partial charge in [-0.05, 0) is 28.8 Å². The number of amides is 1. The number of nitrogens with two attached hydrogens (primary N) is 1. The van der Waals surface area contributed by atoms with Crippen LogP contribution in [0, 0.1) is 5.92 Å². The molecule has 2 aromatic rings. The fraction of sp³-hybridized carbons (Fsp3) is 0.312. The van der Waals surface area contributed by atoms with Crippen LogP contribution < -0.4 is 11.1 Å². The van der Waals surface area contributed by atoms with E-state index in [1.807, 2.05) is 56.3 Å². The molecule has 0 saturated carbocycles. The maximum absolute atomic E-state index is 12.0. The Hall–Kier alpha value is -1.39. The van der Waals surface area contributed by atoms with E-state index in [0.29, 0.717) is 0 Å². The number of hydrogen-bond acceptors (Lipinski definition) is 2. The summed E-state index contributed by atoms with van der Waals surface area (Å²) in [6, 6.07) is 13.5. The van der Waals surface area contributed by atoms with Crippen molar-refractivity contribution in [3.63, 3.8) is 0 Å². The molecular formula is C16H21BrN2O. The fourth-order valence-corrected chi connectivity index (χ4v) is 2.01. The molecule has 2 atom stereocenters. The molecule has 4 heteroatoms. The summed E-state index contributed by atoms with van der Waals surface area (Å²) in [5.74, 6) is 0.0603. The SMILES string of the molecule is Br.CC[C@H](C)[C@H](N)C(=O)Nc1ccc2ccccc2c1. The Morgan fingerprint density at radius 2 is 1.85 bits per heavy atom. The van der Waals surface area contributed by atoms with Gasteiger partial charge >= 0.3 is 0 Å². The lowest BCUT2D eigenvalue weighted by Crippen LogP contribution is -2.40. The molecule has 0 aliphatic rings. The van der Waals surface area contributed by atoms with E-state index in [1.54, 1.807) is 0 Å². The number of carbonyl (C=O) groups excluding carboxylic acids is 1. The minimum atomic E-state index is -0.462. The summed E-state index contributed by atoms with van der Waals surface area (Å²) < 4.78 is 0. The molecule has 0 aromatic heterocycles. The third-order valence-electron chi connectivity index (χ3n) is 3.58. The van der Waals surface area contributed by atoms with Gasteiger partial charge in [-0.25, -0.2) is 0 Å². The largest absolute Gasteiger partial charge is 0.325 e. The second-order valence-corrected chi connectivity index (χ2v) is 4.96. The van der Waals surface area contributed by atoms with Gasteiger partial charge in [0, 0.05) is 5.69 Å². The van der Waals surface area contributed by atoms with Gasteiger partial charge in [-0.15, -0.1) is 17.0 Å². The van der Waals surface area contributed by atoms with E-state index in [0.717, 1.165) is 22.9 Å². The maximum Gasteiger partial charge on any atom is 0.241 e. The first-order valence-corrected chi connectivity index (χ1v) is 6.67. The smallest absolute Gasteiger partial charge is 0.241 e. The second-order valence-electron chi connectivity index (χ2n) is 4.96. The molecule has 108 valence electrons. The van der Waals surface area contributed by atoms with Crippen LogP contribution >= 0.6 is 17.0 Å². The second kappa shape index (κ2) is 7.41. The molecule has 3 nitrogen and oxygen atoms in total. The van der Waals surface area contributed by atoms with Crippen LogP contribution in [0.5, 0.6) is 0 Å². The Balaban J connectivity index is 0.00000200. The predicted molar refractivity (Wildman–Crippen MR) is 90.3 cm³/mol. The molecule has 3 N–H and O–H groups in total. The summed E-state index contributed by atoms with van der Waals surface area (Å²) in [5, 5.41) is 5.15. The summed E-state index contributed by atoms with van der Waals surface area (Å²) in [5.41, 5.74) is 6.71. The van der Waals surface area contributed by atoms with Crippen molar-refractivity contribution in [3.8, 4) is 0 Å². The molecule has 0 fully saturated rings. The van der Waals surface area contributed by atoms with Gasteiger partial charge in [0.25, 0.3) is 0 Å². The summed E-state index contributed by atoms with van der Waals surface area (Å²) in [6.45, 7) is 4.03. The van der Waals surface area contributed by atoms with Gasteiger partial charge in [-0.1, -0.05) is 50.6 Å². The first-order chi connectivity index (χ1) is 9.11. The van der Waals surface area contributed by atoms with Crippen molar-refractivity contribution in [2.75, 3.05) is 5.32 Å². The van der Waals surface area contributed by atoms with Crippen LogP contribution in [-0.2, 0) is 4.79 Å². The van der Waals surface area contributed by atoms with Crippen molar-refractivity contribution in [2.24, 2.45) is 11.7 Å². The minimum absolute atomic E-state index is 0. The Morgan fingerprint density at radius 1 is 1.20 bits per heavy atom. The van der Waals surface area contributed by atoms with Gasteiger partial charge in [0.2, 0.25) is 5.91 Å². The van der Waals surface area contributed by atoms with Gasteiger partial charge in [-0.3, -0.25) is 4.79 Å². The molecule has 2 aromatic carbocycles. The quantitative estimate of drug-likeness (QED) is 0.893. The third-order valence-corrected chi connectivity index (χ3v) is 3.58. The van der Waals surface area contributed by atoms with E-state index in [9.17, 15) is 4.79 Å². The highest BCUT2D eigenvalue weighted by Crippen LogP contribution is 2.19. The van der Waals surface area contributed by atoms with Crippen LogP contribution in [0.3, 0.4) is 0 Å². The van der Waals surface area contributed by atoms with E-state index < -0.39 is 6.04 Å². The van der Waals surface area contributed by atoms with Crippen LogP contribution in [0.2, 0.25) is 0 Å². The lowest BCUT2D eigenvalue weighted by Gasteiger charge is -2.17. The van der Waals surface area contributed by atoms with Gasteiger partial charge in [0.05, 0.1) is 6.04 Å². The highest BCUT2D eigenvalue weighted by Gasteiger charge is 2.19. The number of fused-ring (bicyclic) bond motifs is 1. The van der Waals surface area contributed by atoms with E-state index in [1.165, 1.54) is 0 Å². The van der Waals surface area contributed by atoms with Crippen molar-refractivity contribution < 1.29 is 4.79 Å². The standard InChI is InChI=1S/C16H20N2O.BrH/c1-3-11(2)15(17)16(19)18-14-9-8-12-6-4-5-7-13(12)10-14;/h4-11,15H,3,17H2,1-2H3,(H,18,19);1H/t11-,15-;/m0./s1. The Bertz CT molecular complexity index is 585. The van der Waals surface area contributed by atoms with Crippen molar-refractivity contribution in [2.45, 2.75) is 26.3 Å². The zero-order chi connectivity index (χ0) is 13.8. The van der Waals surface area contributed by atoms with Gasteiger partial charge in [-0.2, -0.15) is 0 Å². The Labute approximate surface area is 130 Å². The summed E-state index contributed by atoms with van der Waals surface area (Å²) in [6.07, 6.45) is 0.895. The normalized spacial score (nSPS) is 13.3. The van der Waals surface area contributed by atoms with E-state index >= 15 is 0 Å². The van der Waals surface area contributed by atoms with E-state index in [2.05, 4.69) is 5.32 Å². The zero-order valence-electron chi connectivity index (χ0n) is 11.8. The average molecular weight is 337 g/mol. The van der Waals surface area contributed by atoms with Gasteiger partial charge in [0.15, 0.2) is 0 Å². The number of rotatable bonds is 4. The number of benzene rings is 2. The van der Waals surface area contributed by atoms with Crippen LogP contribution in [0.25, 0.3) is 10.8 Å². The van der Waals surface area contributed by atoms with Crippen molar-refractivity contribution >= 4 is 39.3 Å². The molecule has 0 bridgehead atoms. The predicted octanol–water partition coefficient (Wildman–Crippen LogP) is 3.73. The highest BCUT2D eigenvalue weighted by atomic mass is 79.9. The lowest BCUT2D eigenvalue weighted by atomic mass is 9.99. The van der Waals surface area contributed by atoms with Crippen molar-refractivity contribution in [1.29, 1.82) is 0 Å². The zero-order valence-corrected chi connectivity index (χ0v) is 13.5. The Morgan fingerprint density at radius 3 is 2.50 bits per heavy atom. The van der Waals surface area contributed by atoms with Crippen molar-refractivity contribution in [1.82, 2.24) is 0 Å². The molecule has 0 radical (unpaired) electrons. The number of anilines is 1. The van der Waals surface area contributed by atoms with Gasteiger partial charge < -0.3 is 11.1 Å². The summed E-state index contributed by atoms with van der Waals surface area (Å²) >= 11 is 0. The molecule has 0 aliphatic heterocycles. The number of hydrogen-bond donors (Lipinski definition) is 2. The fourth-order valence-electron chi connectivity index (χ4n) is 2.01. The molecular weight excluding hydrogens is 316 g/mol. The molecule has 20 heavy (non-hydrogen) atoms. The molecule has 0 unspecified atom stereocenters. The van der Waals surface area contributed by atoms with Crippen LogP contribution in [0.1, 0.15) is 20.3 Å². The molecule has 0 aliphatic carbocycles.